The van der Waals surface area contributed by atoms with Crippen molar-refractivity contribution in [3.05, 3.63) is 23.8 Å². The fraction of sp³-hybridized carbons (Fsp3) is 0.750. The van der Waals surface area contributed by atoms with Crippen molar-refractivity contribution in [2.45, 2.75) is 64.7 Å². The third-order valence-electron chi connectivity index (χ3n) is 4.31. The zero-order valence-corrected chi connectivity index (χ0v) is 10.8. The Hall–Kier alpha value is -0.520. The highest BCUT2D eigenvalue weighted by molar-refractivity contribution is 5.22. The van der Waals surface area contributed by atoms with E-state index in [0.717, 1.165) is 11.8 Å². The Labute approximate surface area is 101 Å². The van der Waals surface area contributed by atoms with Crippen LogP contribution in [0.15, 0.2) is 23.8 Å². The first-order valence-corrected chi connectivity index (χ1v) is 7.28. The van der Waals surface area contributed by atoms with Crippen LogP contribution in [0.25, 0.3) is 0 Å². The van der Waals surface area contributed by atoms with Crippen molar-refractivity contribution in [3.63, 3.8) is 0 Å². The first-order chi connectivity index (χ1) is 7.92. The molecule has 0 aromatic carbocycles. The van der Waals surface area contributed by atoms with Crippen LogP contribution in [0.1, 0.15) is 64.7 Å². The van der Waals surface area contributed by atoms with Gasteiger partial charge in [0.25, 0.3) is 0 Å². The summed E-state index contributed by atoms with van der Waals surface area (Å²) in [4.78, 5) is 0. The minimum Gasteiger partial charge on any atom is -0.0845 e. The van der Waals surface area contributed by atoms with Gasteiger partial charge in [0, 0.05) is 0 Å². The fourth-order valence-corrected chi connectivity index (χ4v) is 3.34. The van der Waals surface area contributed by atoms with E-state index in [1.807, 2.05) is 0 Å². The van der Waals surface area contributed by atoms with Crippen LogP contribution in [0.5, 0.6) is 0 Å². The van der Waals surface area contributed by atoms with E-state index in [0.29, 0.717) is 0 Å². The molecule has 0 saturated heterocycles. The van der Waals surface area contributed by atoms with Crippen molar-refractivity contribution in [1.82, 2.24) is 0 Å². The highest BCUT2D eigenvalue weighted by Crippen LogP contribution is 2.42. The number of hydrogen-bond acceptors (Lipinski definition) is 0. The lowest BCUT2D eigenvalue weighted by atomic mass is 9.90. The van der Waals surface area contributed by atoms with Crippen LogP contribution in [-0.4, -0.2) is 0 Å². The van der Waals surface area contributed by atoms with Crippen LogP contribution in [-0.2, 0) is 0 Å². The van der Waals surface area contributed by atoms with Crippen molar-refractivity contribution < 1.29 is 0 Å². The molecule has 0 heteroatoms. The number of hydrogen-bond donors (Lipinski definition) is 0. The fourth-order valence-electron chi connectivity index (χ4n) is 3.34. The minimum absolute atomic E-state index is 0.924. The summed E-state index contributed by atoms with van der Waals surface area (Å²) in [6.45, 7) is 2.31. The summed E-state index contributed by atoms with van der Waals surface area (Å²) in [7, 11) is 0. The van der Waals surface area contributed by atoms with Gasteiger partial charge < -0.3 is 0 Å². The zero-order chi connectivity index (χ0) is 11.2. The summed E-state index contributed by atoms with van der Waals surface area (Å²) in [5.41, 5.74) is 1.80. The van der Waals surface area contributed by atoms with E-state index in [9.17, 15) is 0 Å². The molecule has 2 aliphatic carbocycles. The van der Waals surface area contributed by atoms with Crippen molar-refractivity contribution in [1.29, 1.82) is 0 Å². The summed E-state index contributed by atoms with van der Waals surface area (Å²) in [6.07, 6.45) is 19.9. The Morgan fingerprint density at radius 3 is 3.00 bits per heavy atom. The van der Waals surface area contributed by atoms with Gasteiger partial charge in [-0.05, 0) is 50.4 Å². The van der Waals surface area contributed by atoms with Crippen LogP contribution in [0.2, 0.25) is 0 Å². The van der Waals surface area contributed by atoms with Gasteiger partial charge in [-0.3, -0.25) is 0 Å². The van der Waals surface area contributed by atoms with Crippen LogP contribution < -0.4 is 0 Å². The standard InChI is InChI=1S/C16H26/c1-2-3-9-14-12-13-15-10-7-5-4-6-8-11-16(14)15/h6,8,11,14-15H,2-5,7,9-10,12-13H2,1H3/b8-6+,16-11?. The summed E-state index contributed by atoms with van der Waals surface area (Å²) in [6, 6.07) is 0. The average Bonchev–Trinajstić information content (AvgIpc) is 2.70. The van der Waals surface area contributed by atoms with E-state index < -0.39 is 0 Å². The quantitative estimate of drug-likeness (QED) is 0.606. The molecule has 0 aromatic rings. The van der Waals surface area contributed by atoms with Crippen LogP contribution in [0.3, 0.4) is 0 Å². The molecular formula is C16H26. The van der Waals surface area contributed by atoms with E-state index in [1.54, 1.807) is 5.57 Å². The maximum absolute atomic E-state index is 2.46. The normalized spacial score (nSPS) is 32.2. The molecule has 0 aromatic heterocycles. The van der Waals surface area contributed by atoms with Gasteiger partial charge in [-0.25, -0.2) is 0 Å². The molecule has 0 nitrogen and oxygen atoms in total. The van der Waals surface area contributed by atoms with E-state index in [2.05, 4.69) is 25.2 Å². The Bertz CT molecular complexity index is 259. The number of allylic oxidation sites excluding steroid dienone is 4. The molecule has 16 heavy (non-hydrogen) atoms. The Kier molecular flexibility index (Phi) is 4.69. The molecule has 0 bridgehead atoms. The molecule has 2 unspecified atom stereocenters. The summed E-state index contributed by atoms with van der Waals surface area (Å²) in [5, 5.41) is 0. The molecule has 0 spiro atoms. The van der Waals surface area contributed by atoms with Gasteiger partial charge in [-0.1, -0.05) is 50.0 Å². The summed E-state index contributed by atoms with van der Waals surface area (Å²) in [5.74, 6) is 1.86. The van der Waals surface area contributed by atoms with Gasteiger partial charge in [0.15, 0.2) is 0 Å². The maximum Gasteiger partial charge on any atom is -0.0197 e. The third kappa shape index (κ3) is 2.99. The van der Waals surface area contributed by atoms with Crippen LogP contribution in [0.4, 0.5) is 0 Å². The minimum atomic E-state index is 0.924. The summed E-state index contributed by atoms with van der Waals surface area (Å²) < 4.78 is 0. The second kappa shape index (κ2) is 6.27. The van der Waals surface area contributed by atoms with E-state index in [1.165, 1.54) is 57.8 Å². The van der Waals surface area contributed by atoms with Crippen molar-refractivity contribution >= 4 is 0 Å². The molecule has 90 valence electrons. The highest BCUT2D eigenvalue weighted by Gasteiger charge is 2.28. The molecule has 2 atom stereocenters. The summed E-state index contributed by atoms with van der Waals surface area (Å²) >= 11 is 0. The highest BCUT2D eigenvalue weighted by atomic mass is 14.3. The Morgan fingerprint density at radius 1 is 1.19 bits per heavy atom. The lowest BCUT2D eigenvalue weighted by Crippen LogP contribution is -2.02. The molecule has 2 rings (SSSR count). The Morgan fingerprint density at radius 2 is 2.12 bits per heavy atom. The monoisotopic (exact) mass is 218 g/mol. The molecule has 0 aliphatic heterocycles. The topological polar surface area (TPSA) is 0 Å². The van der Waals surface area contributed by atoms with Crippen molar-refractivity contribution in [3.8, 4) is 0 Å². The van der Waals surface area contributed by atoms with Crippen LogP contribution >= 0.6 is 0 Å². The predicted octanol–water partition coefficient (Wildman–Crippen LogP) is 5.26. The zero-order valence-electron chi connectivity index (χ0n) is 10.8. The van der Waals surface area contributed by atoms with Crippen molar-refractivity contribution in [2.24, 2.45) is 11.8 Å². The SMILES string of the molecule is CCCCC1CCC2CCCC/C=C/C=C12. The Balaban J connectivity index is 2.02. The van der Waals surface area contributed by atoms with E-state index in [-0.39, 0.29) is 0 Å². The van der Waals surface area contributed by atoms with Gasteiger partial charge >= 0.3 is 0 Å². The molecule has 1 fully saturated rings. The first-order valence-electron chi connectivity index (χ1n) is 7.28. The van der Waals surface area contributed by atoms with Gasteiger partial charge in [0.2, 0.25) is 0 Å². The molecule has 2 aliphatic rings. The molecule has 0 N–H and O–H groups in total. The second-order valence-corrected chi connectivity index (χ2v) is 5.49. The van der Waals surface area contributed by atoms with E-state index >= 15 is 0 Å². The van der Waals surface area contributed by atoms with Crippen molar-refractivity contribution in [2.75, 3.05) is 0 Å². The largest absolute Gasteiger partial charge is 0.0845 e. The van der Waals surface area contributed by atoms with Gasteiger partial charge in [-0.15, -0.1) is 0 Å². The van der Waals surface area contributed by atoms with Gasteiger partial charge in [0.05, 0.1) is 0 Å². The lowest BCUT2D eigenvalue weighted by molar-refractivity contribution is 0.532. The maximum atomic E-state index is 2.46. The first kappa shape index (κ1) is 12.0. The molecule has 0 amide bonds. The molecule has 0 heterocycles. The average molecular weight is 218 g/mol. The molecular weight excluding hydrogens is 192 g/mol. The second-order valence-electron chi connectivity index (χ2n) is 5.49. The molecule has 0 radical (unpaired) electrons. The third-order valence-corrected chi connectivity index (χ3v) is 4.31. The van der Waals surface area contributed by atoms with Crippen LogP contribution in [0, 0.1) is 11.8 Å². The molecule has 1 saturated carbocycles. The van der Waals surface area contributed by atoms with Gasteiger partial charge in [-0.2, -0.15) is 0 Å². The van der Waals surface area contributed by atoms with Gasteiger partial charge in [0.1, 0.15) is 0 Å². The van der Waals surface area contributed by atoms with E-state index in [4.69, 9.17) is 0 Å². The number of fused-ring (bicyclic) bond motifs is 1. The lowest BCUT2D eigenvalue weighted by Gasteiger charge is -2.16. The number of unbranched alkanes of at least 4 members (excludes halogenated alkanes) is 1. The number of rotatable bonds is 3. The predicted molar refractivity (Wildman–Crippen MR) is 71.4 cm³/mol. The smallest absolute Gasteiger partial charge is 0.0197 e.